The number of nitrogens with zero attached hydrogens (tertiary/aromatic N) is 3. The fourth-order valence-electron chi connectivity index (χ4n) is 3.93. The van der Waals surface area contributed by atoms with Crippen LogP contribution in [-0.4, -0.2) is 52.7 Å². The summed E-state index contributed by atoms with van der Waals surface area (Å²) in [5.41, 5.74) is 0.822. The number of hydrogen-bond donors (Lipinski definition) is 0. The number of aryl methyl sites for hydroxylation is 1. The van der Waals surface area contributed by atoms with E-state index in [9.17, 15) is 4.79 Å². The summed E-state index contributed by atoms with van der Waals surface area (Å²) in [6.45, 7) is 4.90. The second kappa shape index (κ2) is 6.90. The molecule has 0 N–H and O–H groups in total. The summed E-state index contributed by atoms with van der Waals surface area (Å²) in [6, 6.07) is 2.32. The number of rotatable bonds is 6. The van der Waals surface area contributed by atoms with Gasteiger partial charge >= 0.3 is 6.01 Å². The molecule has 0 bridgehead atoms. The van der Waals surface area contributed by atoms with Crippen molar-refractivity contribution in [2.24, 2.45) is 11.8 Å². The van der Waals surface area contributed by atoms with Gasteiger partial charge < -0.3 is 14.4 Å². The Bertz CT molecular complexity index is 626. The molecule has 1 spiro atoms. The van der Waals surface area contributed by atoms with E-state index in [1.165, 1.54) is 12.8 Å². The van der Waals surface area contributed by atoms with Crippen molar-refractivity contribution >= 4 is 5.91 Å². The van der Waals surface area contributed by atoms with E-state index in [0.717, 1.165) is 51.1 Å². The molecule has 2 saturated heterocycles. The molecule has 136 valence electrons. The summed E-state index contributed by atoms with van der Waals surface area (Å²) in [4.78, 5) is 22.6. The fraction of sp³-hybridized carbons (Fsp3) is 0.737. The van der Waals surface area contributed by atoms with E-state index in [2.05, 4.69) is 9.97 Å². The number of likely N-dealkylation sites (tertiary alicyclic amines) is 1. The molecule has 0 aromatic carbocycles. The maximum absolute atomic E-state index is 12.2. The normalized spacial score (nSPS) is 24.8. The molecule has 6 nitrogen and oxygen atoms in total. The van der Waals surface area contributed by atoms with Crippen LogP contribution in [0.3, 0.4) is 0 Å². The molecule has 2 aliphatic heterocycles. The zero-order valence-corrected chi connectivity index (χ0v) is 14.9. The van der Waals surface area contributed by atoms with Gasteiger partial charge in [-0.15, -0.1) is 0 Å². The minimum Gasteiger partial charge on any atom is -0.463 e. The van der Waals surface area contributed by atoms with Crippen LogP contribution in [0.15, 0.2) is 12.3 Å². The Morgan fingerprint density at radius 2 is 2.20 bits per heavy atom. The molecule has 0 radical (unpaired) electrons. The van der Waals surface area contributed by atoms with Gasteiger partial charge in [0.05, 0.1) is 19.7 Å². The number of hydrogen-bond acceptors (Lipinski definition) is 5. The van der Waals surface area contributed by atoms with Crippen molar-refractivity contribution in [1.29, 1.82) is 0 Å². The zero-order chi connectivity index (χ0) is 17.3. The SMILES string of the molecule is Cc1ccnc(OCC[C@H]2CCOC3(C2)CN(C(=O)CC2CC2)C3)n1. The number of ether oxygens (including phenoxy) is 2. The van der Waals surface area contributed by atoms with Gasteiger partial charge in [0.25, 0.3) is 0 Å². The summed E-state index contributed by atoms with van der Waals surface area (Å²) in [6.07, 6.45) is 8.00. The molecule has 1 aliphatic carbocycles. The van der Waals surface area contributed by atoms with Crippen LogP contribution in [0.25, 0.3) is 0 Å². The highest BCUT2D eigenvalue weighted by Gasteiger charge is 2.49. The number of aromatic nitrogens is 2. The lowest BCUT2D eigenvalue weighted by Crippen LogP contribution is -2.66. The highest BCUT2D eigenvalue weighted by molar-refractivity contribution is 5.78. The molecular formula is C19H27N3O3. The molecule has 1 aromatic rings. The van der Waals surface area contributed by atoms with Crippen LogP contribution in [0.1, 0.15) is 44.2 Å². The van der Waals surface area contributed by atoms with E-state index in [1.54, 1.807) is 6.20 Å². The van der Waals surface area contributed by atoms with Crippen LogP contribution in [0.2, 0.25) is 0 Å². The Kier molecular flexibility index (Phi) is 4.63. The molecule has 0 unspecified atom stereocenters. The third kappa shape index (κ3) is 4.11. The van der Waals surface area contributed by atoms with Crippen LogP contribution in [0, 0.1) is 18.8 Å². The molecule has 1 aromatic heterocycles. The number of carbonyl (C=O) groups is 1. The van der Waals surface area contributed by atoms with Crippen molar-refractivity contribution in [2.75, 3.05) is 26.3 Å². The molecule has 3 aliphatic rings. The lowest BCUT2D eigenvalue weighted by atomic mass is 9.79. The van der Waals surface area contributed by atoms with E-state index < -0.39 is 0 Å². The largest absolute Gasteiger partial charge is 0.463 e. The van der Waals surface area contributed by atoms with Gasteiger partial charge in [-0.1, -0.05) is 0 Å². The Balaban J connectivity index is 1.21. The lowest BCUT2D eigenvalue weighted by Gasteiger charge is -2.53. The molecule has 25 heavy (non-hydrogen) atoms. The van der Waals surface area contributed by atoms with Gasteiger partial charge in [0.1, 0.15) is 5.60 Å². The Hall–Kier alpha value is -1.69. The smallest absolute Gasteiger partial charge is 0.316 e. The van der Waals surface area contributed by atoms with Crippen molar-refractivity contribution in [2.45, 2.75) is 51.0 Å². The van der Waals surface area contributed by atoms with E-state index in [1.807, 2.05) is 17.9 Å². The Morgan fingerprint density at radius 3 is 2.96 bits per heavy atom. The summed E-state index contributed by atoms with van der Waals surface area (Å²) in [5.74, 6) is 1.56. The van der Waals surface area contributed by atoms with Gasteiger partial charge in [-0.05, 0) is 56.9 Å². The van der Waals surface area contributed by atoms with E-state index in [0.29, 0.717) is 30.4 Å². The summed E-state index contributed by atoms with van der Waals surface area (Å²) in [7, 11) is 0. The molecule has 4 rings (SSSR count). The van der Waals surface area contributed by atoms with Gasteiger partial charge in [0.15, 0.2) is 0 Å². The fourth-order valence-corrected chi connectivity index (χ4v) is 3.93. The molecule has 1 saturated carbocycles. The Labute approximate surface area is 148 Å². The first-order chi connectivity index (χ1) is 12.1. The van der Waals surface area contributed by atoms with Crippen molar-refractivity contribution in [3.05, 3.63) is 18.0 Å². The van der Waals surface area contributed by atoms with Crippen molar-refractivity contribution in [1.82, 2.24) is 14.9 Å². The molecule has 3 fully saturated rings. The van der Waals surface area contributed by atoms with Crippen LogP contribution >= 0.6 is 0 Å². The average molecular weight is 345 g/mol. The van der Waals surface area contributed by atoms with Crippen LogP contribution in [-0.2, 0) is 9.53 Å². The van der Waals surface area contributed by atoms with Crippen LogP contribution < -0.4 is 4.74 Å². The second-order valence-corrected chi connectivity index (χ2v) is 7.91. The predicted molar refractivity (Wildman–Crippen MR) is 92.2 cm³/mol. The Morgan fingerprint density at radius 1 is 1.36 bits per heavy atom. The summed E-state index contributed by atoms with van der Waals surface area (Å²) < 4.78 is 11.7. The van der Waals surface area contributed by atoms with Crippen LogP contribution in [0.5, 0.6) is 6.01 Å². The van der Waals surface area contributed by atoms with Gasteiger partial charge in [0, 0.05) is 24.9 Å². The summed E-state index contributed by atoms with van der Waals surface area (Å²) >= 11 is 0. The summed E-state index contributed by atoms with van der Waals surface area (Å²) in [5, 5.41) is 0. The van der Waals surface area contributed by atoms with Crippen LogP contribution in [0.4, 0.5) is 0 Å². The number of carbonyl (C=O) groups excluding carboxylic acids is 1. The van der Waals surface area contributed by atoms with Gasteiger partial charge in [-0.3, -0.25) is 4.79 Å². The topological polar surface area (TPSA) is 64.6 Å². The standard InChI is InChI=1S/C19H27N3O3/c1-14-4-7-20-18(21-14)24-8-5-16-6-9-25-19(11-16)12-22(13-19)17(23)10-15-2-3-15/h4,7,15-16H,2-3,5-6,8-13H2,1H3/t16-/m0/s1. The average Bonchev–Trinajstić information content (AvgIpc) is 3.37. The van der Waals surface area contributed by atoms with E-state index in [-0.39, 0.29) is 5.60 Å². The van der Waals surface area contributed by atoms with E-state index in [4.69, 9.17) is 9.47 Å². The lowest BCUT2D eigenvalue weighted by molar-refractivity contribution is -0.189. The van der Waals surface area contributed by atoms with Gasteiger partial charge in [-0.25, -0.2) is 9.97 Å². The quantitative estimate of drug-likeness (QED) is 0.792. The zero-order valence-electron chi connectivity index (χ0n) is 14.9. The highest BCUT2D eigenvalue weighted by atomic mass is 16.5. The third-order valence-corrected chi connectivity index (χ3v) is 5.60. The van der Waals surface area contributed by atoms with E-state index >= 15 is 0 Å². The molecule has 1 atom stereocenters. The van der Waals surface area contributed by atoms with Crippen molar-refractivity contribution < 1.29 is 14.3 Å². The minimum atomic E-state index is -0.0953. The third-order valence-electron chi connectivity index (χ3n) is 5.60. The second-order valence-electron chi connectivity index (χ2n) is 7.91. The van der Waals surface area contributed by atoms with Crippen molar-refractivity contribution in [3.8, 4) is 6.01 Å². The van der Waals surface area contributed by atoms with Crippen molar-refractivity contribution in [3.63, 3.8) is 0 Å². The molecule has 6 heteroatoms. The molecule has 3 heterocycles. The first kappa shape index (κ1) is 16.8. The highest BCUT2D eigenvalue weighted by Crippen LogP contribution is 2.40. The first-order valence-electron chi connectivity index (χ1n) is 9.46. The monoisotopic (exact) mass is 345 g/mol. The minimum absolute atomic E-state index is 0.0953. The maximum atomic E-state index is 12.2. The first-order valence-corrected chi connectivity index (χ1v) is 9.46. The molecule has 1 amide bonds. The maximum Gasteiger partial charge on any atom is 0.316 e. The number of amides is 1. The van der Waals surface area contributed by atoms with Gasteiger partial charge in [0.2, 0.25) is 5.91 Å². The predicted octanol–water partition coefficient (Wildman–Crippen LogP) is 2.36. The van der Waals surface area contributed by atoms with Gasteiger partial charge in [-0.2, -0.15) is 0 Å². The molecular weight excluding hydrogens is 318 g/mol.